The SMILES string of the molecule is COc1ccc(/C=C/C(=O)Nc2[nH]nc(SCc3ccccc3Cl)c2C#N)cc1. The predicted molar refractivity (Wildman–Crippen MR) is 115 cm³/mol. The molecule has 0 aliphatic carbocycles. The third-order valence-electron chi connectivity index (χ3n) is 3.96. The first-order valence-electron chi connectivity index (χ1n) is 8.58. The van der Waals surface area contributed by atoms with Crippen LogP contribution in [0.5, 0.6) is 5.75 Å². The minimum absolute atomic E-state index is 0.263. The number of thioether (sulfide) groups is 1. The van der Waals surface area contributed by atoms with E-state index in [0.29, 0.717) is 15.8 Å². The minimum Gasteiger partial charge on any atom is -0.497 e. The Labute approximate surface area is 177 Å². The summed E-state index contributed by atoms with van der Waals surface area (Å²) in [4.78, 5) is 12.2. The number of halogens is 1. The van der Waals surface area contributed by atoms with Crippen LogP contribution in [-0.2, 0) is 10.5 Å². The van der Waals surface area contributed by atoms with Gasteiger partial charge in [0.1, 0.15) is 28.2 Å². The second kappa shape index (κ2) is 9.82. The molecule has 2 aromatic carbocycles. The molecule has 1 heterocycles. The minimum atomic E-state index is -0.372. The van der Waals surface area contributed by atoms with Gasteiger partial charge in [0, 0.05) is 16.9 Å². The van der Waals surface area contributed by atoms with Crippen LogP contribution in [0.4, 0.5) is 5.82 Å². The van der Waals surface area contributed by atoms with Crippen LogP contribution in [0, 0.1) is 11.3 Å². The third kappa shape index (κ3) is 5.41. The molecule has 0 aliphatic rings. The maximum Gasteiger partial charge on any atom is 0.249 e. The van der Waals surface area contributed by atoms with Gasteiger partial charge in [-0.3, -0.25) is 9.89 Å². The molecule has 6 nitrogen and oxygen atoms in total. The number of hydrogen-bond donors (Lipinski definition) is 2. The number of rotatable bonds is 7. The summed E-state index contributed by atoms with van der Waals surface area (Å²) in [5, 5.41) is 20.1. The lowest BCUT2D eigenvalue weighted by molar-refractivity contribution is -0.111. The smallest absolute Gasteiger partial charge is 0.249 e. The second-order valence-electron chi connectivity index (χ2n) is 5.87. The number of carbonyl (C=O) groups is 1. The highest BCUT2D eigenvalue weighted by Gasteiger charge is 2.15. The van der Waals surface area contributed by atoms with Gasteiger partial charge in [0.15, 0.2) is 0 Å². The molecular formula is C21H17ClN4O2S. The number of methoxy groups -OCH3 is 1. The monoisotopic (exact) mass is 424 g/mol. The molecule has 3 aromatic rings. The molecule has 0 unspecified atom stereocenters. The average Bonchev–Trinajstić information content (AvgIpc) is 3.13. The van der Waals surface area contributed by atoms with Gasteiger partial charge in [-0.15, -0.1) is 0 Å². The van der Waals surface area contributed by atoms with E-state index in [-0.39, 0.29) is 17.3 Å². The molecular weight excluding hydrogens is 408 g/mol. The molecule has 0 bridgehead atoms. The summed E-state index contributed by atoms with van der Waals surface area (Å²) in [6.45, 7) is 0. The Morgan fingerprint density at radius 2 is 2.07 bits per heavy atom. The lowest BCUT2D eigenvalue weighted by Crippen LogP contribution is -2.09. The molecule has 0 fully saturated rings. The van der Waals surface area contributed by atoms with E-state index in [1.165, 1.54) is 17.8 Å². The van der Waals surface area contributed by atoms with Gasteiger partial charge in [0.05, 0.1) is 7.11 Å². The van der Waals surface area contributed by atoms with Gasteiger partial charge in [-0.05, 0) is 35.4 Å². The Kier molecular flexibility index (Phi) is 6.95. The van der Waals surface area contributed by atoms with Gasteiger partial charge < -0.3 is 10.1 Å². The quantitative estimate of drug-likeness (QED) is 0.416. The highest BCUT2D eigenvalue weighted by Crippen LogP contribution is 2.30. The van der Waals surface area contributed by atoms with Crippen molar-refractivity contribution in [2.24, 2.45) is 0 Å². The van der Waals surface area contributed by atoms with Crippen LogP contribution in [0.2, 0.25) is 5.02 Å². The van der Waals surface area contributed by atoms with E-state index in [2.05, 4.69) is 21.6 Å². The van der Waals surface area contributed by atoms with Gasteiger partial charge >= 0.3 is 0 Å². The van der Waals surface area contributed by atoms with E-state index in [4.69, 9.17) is 16.3 Å². The van der Waals surface area contributed by atoms with Gasteiger partial charge in [0.25, 0.3) is 0 Å². The fourth-order valence-corrected chi connectivity index (χ4v) is 3.67. The summed E-state index contributed by atoms with van der Waals surface area (Å²) < 4.78 is 5.10. The molecule has 146 valence electrons. The third-order valence-corrected chi connectivity index (χ3v) is 5.35. The van der Waals surface area contributed by atoms with Crippen LogP contribution in [-0.4, -0.2) is 23.2 Å². The van der Waals surface area contributed by atoms with E-state index < -0.39 is 0 Å². The van der Waals surface area contributed by atoms with Gasteiger partial charge in [-0.2, -0.15) is 10.4 Å². The molecule has 3 rings (SSSR count). The number of anilines is 1. The zero-order valence-electron chi connectivity index (χ0n) is 15.5. The van der Waals surface area contributed by atoms with Crippen LogP contribution < -0.4 is 10.1 Å². The normalized spacial score (nSPS) is 10.7. The van der Waals surface area contributed by atoms with E-state index in [1.807, 2.05) is 48.5 Å². The van der Waals surface area contributed by atoms with Crippen LogP contribution >= 0.6 is 23.4 Å². The summed E-state index contributed by atoms with van der Waals surface area (Å²) in [7, 11) is 1.59. The Hall–Kier alpha value is -3.21. The number of nitrogens with one attached hydrogen (secondary N) is 2. The summed E-state index contributed by atoms with van der Waals surface area (Å²) >= 11 is 7.53. The molecule has 0 radical (unpaired) electrons. The number of aromatic nitrogens is 2. The Balaban J connectivity index is 1.64. The lowest BCUT2D eigenvalue weighted by Gasteiger charge is -2.02. The van der Waals surface area contributed by atoms with Crippen molar-refractivity contribution in [1.82, 2.24) is 10.2 Å². The Morgan fingerprint density at radius 3 is 2.76 bits per heavy atom. The van der Waals surface area contributed by atoms with Crippen LogP contribution in [0.25, 0.3) is 6.08 Å². The molecule has 0 spiro atoms. The van der Waals surface area contributed by atoms with Crippen molar-refractivity contribution in [3.8, 4) is 11.8 Å². The number of amides is 1. The second-order valence-corrected chi connectivity index (χ2v) is 7.24. The van der Waals surface area contributed by atoms with Crippen molar-refractivity contribution in [2.45, 2.75) is 10.8 Å². The predicted octanol–water partition coefficient (Wildman–Crippen LogP) is 4.89. The standard InChI is InChI=1S/C21H17ClN4O2S/c1-28-16-9-6-14(7-10-16)8-11-19(27)24-20-17(12-23)21(26-25-20)29-13-15-4-2-3-5-18(15)22/h2-11H,13H2,1H3,(H2,24,25,26,27)/b11-8+. The zero-order valence-corrected chi connectivity index (χ0v) is 17.1. The molecule has 0 atom stereocenters. The lowest BCUT2D eigenvalue weighted by atomic mass is 10.2. The summed E-state index contributed by atoms with van der Waals surface area (Å²) in [6, 6.07) is 16.9. The van der Waals surface area contributed by atoms with Gasteiger partial charge in [-0.1, -0.05) is 53.7 Å². The van der Waals surface area contributed by atoms with E-state index >= 15 is 0 Å². The summed E-state index contributed by atoms with van der Waals surface area (Å²) in [6.07, 6.45) is 3.06. The van der Waals surface area contributed by atoms with Crippen LogP contribution in [0.1, 0.15) is 16.7 Å². The van der Waals surface area contributed by atoms with E-state index in [9.17, 15) is 10.1 Å². The number of benzene rings is 2. The van der Waals surface area contributed by atoms with Crippen molar-refractivity contribution < 1.29 is 9.53 Å². The largest absolute Gasteiger partial charge is 0.497 e. The van der Waals surface area contributed by atoms with Gasteiger partial charge in [-0.25, -0.2) is 0 Å². The first-order chi connectivity index (χ1) is 14.1. The van der Waals surface area contributed by atoms with Crippen molar-refractivity contribution in [3.05, 3.63) is 76.3 Å². The van der Waals surface area contributed by atoms with Crippen molar-refractivity contribution in [2.75, 3.05) is 12.4 Å². The molecule has 29 heavy (non-hydrogen) atoms. The molecule has 0 saturated carbocycles. The number of carbonyl (C=O) groups excluding carboxylic acids is 1. The maximum absolute atomic E-state index is 12.2. The highest BCUT2D eigenvalue weighted by molar-refractivity contribution is 7.98. The molecule has 1 amide bonds. The molecule has 0 saturated heterocycles. The first-order valence-corrected chi connectivity index (χ1v) is 9.95. The van der Waals surface area contributed by atoms with Crippen molar-refractivity contribution in [3.63, 3.8) is 0 Å². The van der Waals surface area contributed by atoms with Crippen molar-refractivity contribution in [1.29, 1.82) is 5.26 Å². The van der Waals surface area contributed by atoms with Crippen molar-refractivity contribution >= 4 is 41.2 Å². The Morgan fingerprint density at radius 1 is 1.31 bits per heavy atom. The highest BCUT2D eigenvalue weighted by atomic mass is 35.5. The molecule has 0 aliphatic heterocycles. The first kappa shape index (κ1) is 20.5. The summed E-state index contributed by atoms with van der Waals surface area (Å²) in [5.74, 6) is 1.19. The number of nitriles is 1. The number of aromatic amines is 1. The molecule has 1 aromatic heterocycles. The Bertz CT molecular complexity index is 1070. The molecule has 2 N–H and O–H groups in total. The fraction of sp³-hybridized carbons (Fsp3) is 0.0952. The molecule has 8 heteroatoms. The van der Waals surface area contributed by atoms with Gasteiger partial charge in [0.2, 0.25) is 5.91 Å². The number of hydrogen-bond acceptors (Lipinski definition) is 5. The van der Waals surface area contributed by atoms with Crippen LogP contribution in [0.3, 0.4) is 0 Å². The van der Waals surface area contributed by atoms with E-state index in [0.717, 1.165) is 16.9 Å². The number of H-pyrrole nitrogens is 1. The van der Waals surface area contributed by atoms with E-state index in [1.54, 1.807) is 13.2 Å². The van der Waals surface area contributed by atoms with Crippen LogP contribution in [0.15, 0.2) is 59.6 Å². The summed E-state index contributed by atoms with van der Waals surface area (Å²) in [5.41, 5.74) is 2.08. The maximum atomic E-state index is 12.2. The zero-order chi connectivity index (χ0) is 20.6. The fourth-order valence-electron chi connectivity index (χ4n) is 2.44. The topological polar surface area (TPSA) is 90.8 Å². The number of nitrogens with zero attached hydrogens (tertiary/aromatic N) is 2. The number of ether oxygens (including phenoxy) is 1. The average molecular weight is 425 g/mol.